The van der Waals surface area contributed by atoms with Gasteiger partial charge in [-0.15, -0.1) is 0 Å². The smallest absolute Gasteiger partial charge is 0.135 e. The molecule has 2 N–H and O–H groups in total. The first-order valence-electron chi connectivity index (χ1n) is 5.19. The quantitative estimate of drug-likeness (QED) is 0.887. The van der Waals surface area contributed by atoms with Crippen molar-refractivity contribution in [1.82, 2.24) is 9.97 Å². The van der Waals surface area contributed by atoms with Gasteiger partial charge in [0.2, 0.25) is 0 Å². The Kier molecular flexibility index (Phi) is 3.60. The summed E-state index contributed by atoms with van der Waals surface area (Å²) in [6.45, 7) is 0. The number of halogens is 1. The number of anilines is 3. The molecule has 0 aliphatic heterocycles. The summed E-state index contributed by atoms with van der Waals surface area (Å²) in [7, 11) is 1.77. The average molecular weight is 260 g/mol. The second kappa shape index (κ2) is 5.34. The Morgan fingerprint density at radius 1 is 1.22 bits per heavy atom. The van der Waals surface area contributed by atoms with E-state index in [4.69, 9.17) is 16.9 Å². The molecule has 0 aliphatic rings. The van der Waals surface area contributed by atoms with E-state index in [1.54, 1.807) is 31.3 Å². The van der Waals surface area contributed by atoms with Gasteiger partial charge in [-0.3, -0.25) is 0 Å². The highest BCUT2D eigenvalue weighted by atomic mass is 35.5. The van der Waals surface area contributed by atoms with Crippen molar-refractivity contribution in [3.63, 3.8) is 0 Å². The van der Waals surface area contributed by atoms with Gasteiger partial charge in [0.1, 0.15) is 24.0 Å². The highest BCUT2D eigenvalue weighted by Gasteiger charge is 2.04. The first-order valence-corrected chi connectivity index (χ1v) is 5.57. The van der Waals surface area contributed by atoms with Gasteiger partial charge in [0, 0.05) is 18.1 Å². The van der Waals surface area contributed by atoms with Crippen LogP contribution in [0.2, 0.25) is 5.02 Å². The second-order valence-electron chi connectivity index (χ2n) is 3.47. The number of nitrogens with zero attached hydrogens (tertiary/aromatic N) is 3. The lowest BCUT2D eigenvalue weighted by Crippen LogP contribution is -1.99. The zero-order chi connectivity index (χ0) is 13.0. The van der Waals surface area contributed by atoms with Crippen LogP contribution in [0.5, 0.6) is 0 Å². The number of aromatic nitrogens is 2. The van der Waals surface area contributed by atoms with E-state index in [2.05, 4.69) is 26.7 Å². The predicted octanol–water partition coefficient (Wildman–Crippen LogP) is 2.79. The molecule has 0 bridgehead atoms. The van der Waals surface area contributed by atoms with Crippen LogP contribution in [-0.2, 0) is 0 Å². The van der Waals surface area contributed by atoms with Crippen molar-refractivity contribution in [3.8, 4) is 6.07 Å². The number of hydrogen-bond donors (Lipinski definition) is 2. The molecule has 2 aromatic rings. The van der Waals surface area contributed by atoms with Gasteiger partial charge in [0.15, 0.2) is 0 Å². The lowest BCUT2D eigenvalue weighted by Gasteiger charge is -2.08. The molecular formula is C12H10ClN5. The molecule has 0 atom stereocenters. The van der Waals surface area contributed by atoms with Crippen molar-refractivity contribution >= 4 is 28.9 Å². The Morgan fingerprint density at radius 3 is 2.72 bits per heavy atom. The summed E-state index contributed by atoms with van der Waals surface area (Å²) < 4.78 is 0. The predicted molar refractivity (Wildman–Crippen MR) is 71.0 cm³/mol. The molecule has 0 spiro atoms. The molecule has 0 aliphatic carbocycles. The topological polar surface area (TPSA) is 73.6 Å². The lowest BCUT2D eigenvalue weighted by molar-refractivity contribution is 1.16. The van der Waals surface area contributed by atoms with E-state index < -0.39 is 0 Å². The van der Waals surface area contributed by atoms with E-state index >= 15 is 0 Å². The van der Waals surface area contributed by atoms with Gasteiger partial charge < -0.3 is 10.6 Å². The van der Waals surface area contributed by atoms with Crippen molar-refractivity contribution in [2.45, 2.75) is 0 Å². The zero-order valence-electron chi connectivity index (χ0n) is 9.61. The second-order valence-corrected chi connectivity index (χ2v) is 3.90. The van der Waals surface area contributed by atoms with Crippen molar-refractivity contribution in [1.29, 1.82) is 5.26 Å². The van der Waals surface area contributed by atoms with Crippen molar-refractivity contribution in [2.24, 2.45) is 0 Å². The van der Waals surface area contributed by atoms with E-state index in [0.717, 1.165) is 0 Å². The molecule has 0 unspecified atom stereocenters. The minimum atomic E-state index is 0.504. The summed E-state index contributed by atoms with van der Waals surface area (Å²) in [6, 6.07) is 8.84. The molecule has 1 aromatic heterocycles. The molecule has 1 aromatic carbocycles. The minimum Gasteiger partial charge on any atom is -0.373 e. The van der Waals surface area contributed by atoms with E-state index in [1.165, 1.54) is 6.33 Å². The number of nitrogens with one attached hydrogen (secondary N) is 2. The Hall–Kier alpha value is -2.32. The maximum absolute atomic E-state index is 9.01. The standard InChI is InChI=1S/C12H10ClN5/c1-15-11-5-12(17-7-16-11)18-10-4-9(13)3-2-8(10)6-14/h2-5,7H,1H3,(H2,15,16,17,18). The van der Waals surface area contributed by atoms with Crippen molar-refractivity contribution in [2.75, 3.05) is 17.7 Å². The van der Waals surface area contributed by atoms with Crippen LogP contribution in [0, 0.1) is 11.3 Å². The highest BCUT2D eigenvalue weighted by molar-refractivity contribution is 6.30. The lowest BCUT2D eigenvalue weighted by atomic mass is 10.2. The van der Waals surface area contributed by atoms with Gasteiger partial charge >= 0.3 is 0 Å². The molecule has 0 saturated heterocycles. The molecule has 0 fully saturated rings. The first-order chi connectivity index (χ1) is 8.72. The molecule has 0 radical (unpaired) electrons. The average Bonchev–Trinajstić information content (AvgIpc) is 2.39. The van der Waals surface area contributed by atoms with Crippen LogP contribution in [0.3, 0.4) is 0 Å². The van der Waals surface area contributed by atoms with Gasteiger partial charge in [-0.2, -0.15) is 5.26 Å². The number of rotatable bonds is 3. The van der Waals surface area contributed by atoms with Crippen LogP contribution in [0.25, 0.3) is 0 Å². The molecule has 90 valence electrons. The third-order valence-electron chi connectivity index (χ3n) is 2.29. The zero-order valence-corrected chi connectivity index (χ0v) is 10.4. The Morgan fingerprint density at radius 2 is 2.00 bits per heavy atom. The van der Waals surface area contributed by atoms with Crippen LogP contribution in [0.1, 0.15) is 5.56 Å². The fraction of sp³-hybridized carbons (Fsp3) is 0.0833. The molecule has 0 saturated carbocycles. The van der Waals surface area contributed by atoms with Crippen LogP contribution in [0.15, 0.2) is 30.6 Å². The molecule has 1 heterocycles. The van der Waals surface area contributed by atoms with Crippen LogP contribution < -0.4 is 10.6 Å². The SMILES string of the molecule is CNc1cc(Nc2cc(Cl)ccc2C#N)ncn1. The van der Waals surface area contributed by atoms with E-state index in [-0.39, 0.29) is 0 Å². The molecule has 6 heteroatoms. The van der Waals surface area contributed by atoms with Gasteiger partial charge in [-0.1, -0.05) is 11.6 Å². The monoisotopic (exact) mass is 259 g/mol. The summed E-state index contributed by atoms with van der Waals surface area (Å²) in [5.41, 5.74) is 1.12. The number of hydrogen-bond acceptors (Lipinski definition) is 5. The number of nitriles is 1. The van der Waals surface area contributed by atoms with Crippen LogP contribution in [-0.4, -0.2) is 17.0 Å². The molecular weight excluding hydrogens is 250 g/mol. The molecule has 18 heavy (non-hydrogen) atoms. The maximum Gasteiger partial charge on any atom is 0.135 e. The van der Waals surface area contributed by atoms with Crippen LogP contribution in [0.4, 0.5) is 17.3 Å². The van der Waals surface area contributed by atoms with E-state index in [0.29, 0.717) is 27.9 Å². The van der Waals surface area contributed by atoms with Gasteiger partial charge in [0.05, 0.1) is 11.3 Å². The van der Waals surface area contributed by atoms with Crippen molar-refractivity contribution in [3.05, 3.63) is 41.2 Å². The Balaban J connectivity index is 2.33. The van der Waals surface area contributed by atoms with Gasteiger partial charge in [-0.05, 0) is 18.2 Å². The normalized spacial score (nSPS) is 9.61. The van der Waals surface area contributed by atoms with E-state index in [1.807, 2.05) is 0 Å². The summed E-state index contributed by atoms with van der Waals surface area (Å²) in [5.74, 6) is 1.28. The summed E-state index contributed by atoms with van der Waals surface area (Å²) in [4.78, 5) is 8.08. The molecule has 0 amide bonds. The van der Waals surface area contributed by atoms with Gasteiger partial charge in [0.25, 0.3) is 0 Å². The third kappa shape index (κ3) is 2.67. The van der Waals surface area contributed by atoms with Gasteiger partial charge in [-0.25, -0.2) is 9.97 Å². The fourth-order valence-electron chi connectivity index (χ4n) is 1.42. The minimum absolute atomic E-state index is 0.504. The number of benzene rings is 1. The highest BCUT2D eigenvalue weighted by Crippen LogP contribution is 2.23. The largest absolute Gasteiger partial charge is 0.373 e. The van der Waals surface area contributed by atoms with E-state index in [9.17, 15) is 0 Å². The third-order valence-corrected chi connectivity index (χ3v) is 2.52. The van der Waals surface area contributed by atoms with Crippen molar-refractivity contribution < 1.29 is 0 Å². The Bertz CT molecular complexity index is 606. The Labute approximate surface area is 109 Å². The molecule has 2 rings (SSSR count). The summed E-state index contributed by atoms with van der Waals surface area (Å²) >= 11 is 5.90. The fourth-order valence-corrected chi connectivity index (χ4v) is 1.59. The summed E-state index contributed by atoms with van der Waals surface area (Å²) in [6.07, 6.45) is 1.44. The first kappa shape index (κ1) is 12.1. The molecule has 5 nitrogen and oxygen atoms in total. The van der Waals surface area contributed by atoms with Crippen LogP contribution >= 0.6 is 11.6 Å². The maximum atomic E-state index is 9.01. The summed E-state index contributed by atoms with van der Waals surface area (Å²) in [5, 5.41) is 15.5.